The van der Waals surface area contributed by atoms with Crippen LogP contribution in [0.15, 0.2) is 47.4 Å². The number of thioether (sulfide) groups is 1. The Balaban J connectivity index is 2.49. The molecule has 100 valence electrons. The molecule has 2 aromatic carbocycles. The summed E-state index contributed by atoms with van der Waals surface area (Å²) in [7, 11) is 1.64. The molecule has 0 aliphatic heterocycles. The number of hydrogen-bond acceptors (Lipinski definition) is 3. The highest BCUT2D eigenvalue weighted by atomic mass is 35.5. The molecular weight excluding hydrogens is 278 g/mol. The molecule has 2 aromatic rings. The van der Waals surface area contributed by atoms with Crippen molar-refractivity contribution in [3.63, 3.8) is 0 Å². The Morgan fingerprint density at radius 1 is 1.16 bits per heavy atom. The van der Waals surface area contributed by atoms with E-state index in [4.69, 9.17) is 22.1 Å². The van der Waals surface area contributed by atoms with Crippen molar-refractivity contribution in [3.05, 3.63) is 58.6 Å². The van der Waals surface area contributed by atoms with E-state index in [1.165, 1.54) is 0 Å². The van der Waals surface area contributed by atoms with Crippen LogP contribution in [0.3, 0.4) is 0 Å². The molecule has 0 saturated carbocycles. The summed E-state index contributed by atoms with van der Waals surface area (Å²) in [5.74, 6) is 0.757. The van der Waals surface area contributed by atoms with Crippen molar-refractivity contribution >= 4 is 23.4 Å². The maximum Gasteiger partial charge on any atom is 0.124 e. The molecule has 1 atom stereocenters. The Bertz CT molecular complexity index is 574. The second-order valence-electron chi connectivity index (χ2n) is 4.11. The molecule has 0 heterocycles. The SMILES string of the molecule is COc1ccc(Cl)cc1C(N)c1ccccc1SC. The lowest BCUT2D eigenvalue weighted by molar-refractivity contribution is 0.407. The Kier molecular flexibility index (Phi) is 4.75. The molecule has 0 aliphatic rings. The molecule has 0 aliphatic carbocycles. The van der Waals surface area contributed by atoms with E-state index in [9.17, 15) is 0 Å². The van der Waals surface area contributed by atoms with Gasteiger partial charge in [0.1, 0.15) is 5.75 Å². The van der Waals surface area contributed by atoms with E-state index in [1.54, 1.807) is 24.9 Å². The largest absolute Gasteiger partial charge is 0.496 e. The number of hydrogen-bond donors (Lipinski definition) is 1. The molecule has 0 spiro atoms. The number of methoxy groups -OCH3 is 1. The minimum Gasteiger partial charge on any atom is -0.496 e. The van der Waals surface area contributed by atoms with Crippen LogP contribution in [0, 0.1) is 0 Å². The van der Waals surface area contributed by atoms with Crippen molar-refractivity contribution in [2.75, 3.05) is 13.4 Å². The number of rotatable bonds is 4. The van der Waals surface area contributed by atoms with Crippen LogP contribution in [-0.2, 0) is 0 Å². The highest BCUT2D eigenvalue weighted by Gasteiger charge is 2.17. The second-order valence-corrected chi connectivity index (χ2v) is 5.39. The van der Waals surface area contributed by atoms with E-state index < -0.39 is 0 Å². The van der Waals surface area contributed by atoms with Crippen molar-refractivity contribution in [1.82, 2.24) is 0 Å². The molecule has 0 saturated heterocycles. The van der Waals surface area contributed by atoms with E-state index >= 15 is 0 Å². The summed E-state index contributed by atoms with van der Waals surface area (Å²) in [5, 5.41) is 0.660. The number of ether oxygens (including phenoxy) is 1. The van der Waals surface area contributed by atoms with E-state index in [-0.39, 0.29) is 6.04 Å². The quantitative estimate of drug-likeness (QED) is 0.861. The Morgan fingerprint density at radius 2 is 1.89 bits per heavy atom. The van der Waals surface area contributed by atoms with Gasteiger partial charge in [-0.05, 0) is 36.1 Å². The van der Waals surface area contributed by atoms with Gasteiger partial charge in [0.2, 0.25) is 0 Å². The molecule has 19 heavy (non-hydrogen) atoms. The summed E-state index contributed by atoms with van der Waals surface area (Å²) < 4.78 is 5.37. The lowest BCUT2D eigenvalue weighted by Gasteiger charge is -2.18. The average Bonchev–Trinajstić information content (AvgIpc) is 2.46. The first kappa shape index (κ1) is 14.3. The standard InChI is InChI=1S/C15H16ClNOS/c1-18-13-8-7-10(16)9-12(13)15(17)11-5-3-4-6-14(11)19-2/h3-9,15H,17H2,1-2H3. The van der Waals surface area contributed by atoms with Crippen LogP contribution in [0.1, 0.15) is 17.2 Å². The van der Waals surface area contributed by atoms with Gasteiger partial charge in [-0.25, -0.2) is 0 Å². The first-order valence-electron chi connectivity index (χ1n) is 5.89. The third-order valence-electron chi connectivity index (χ3n) is 3.00. The summed E-state index contributed by atoms with van der Waals surface area (Å²) in [4.78, 5) is 1.16. The first-order chi connectivity index (χ1) is 9.17. The van der Waals surface area contributed by atoms with E-state index in [0.29, 0.717) is 5.02 Å². The molecule has 0 aromatic heterocycles. The second kappa shape index (κ2) is 6.33. The minimum absolute atomic E-state index is 0.253. The molecule has 2 nitrogen and oxygen atoms in total. The normalized spacial score (nSPS) is 12.2. The van der Waals surface area contributed by atoms with Gasteiger partial charge in [0, 0.05) is 15.5 Å². The fraction of sp³-hybridized carbons (Fsp3) is 0.200. The van der Waals surface area contributed by atoms with E-state index in [0.717, 1.165) is 21.8 Å². The number of halogens is 1. The Morgan fingerprint density at radius 3 is 2.58 bits per heavy atom. The van der Waals surface area contributed by atoms with Gasteiger partial charge >= 0.3 is 0 Å². The van der Waals surface area contributed by atoms with Crippen molar-refractivity contribution in [3.8, 4) is 5.75 Å². The predicted molar refractivity (Wildman–Crippen MR) is 82.3 cm³/mol. The molecule has 1 unspecified atom stereocenters. The summed E-state index contributed by atoms with van der Waals surface area (Å²) in [5.41, 5.74) is 8.36. The maximum atomic E-state index is 6.39. The van der Waals surface area contributed by atoms with Crippen LogP contribution < -0.4 is 10.5 Å². The summed E-state index contributed by atoms with van der Waals surface area (Å²) >= 11 is 7.74. The zero-order chi connectivity index (χ0) is 13.8. The Labute approximate surface area is 122 Å². The zero-order valence-corrected chi connectivity index (χ0v) is 12.5. The van der Waals surface area contributed by atoms with Crippen LogP contribution in [0.2, 0.25) is 5.02 Å². The van der Waals surface area contributed by atoms with E-state index in [2.05, 4.69) is 6.07 Å². The summed E-state index contributed by atoms with van der Waals surface area (Å²) in [6.45, 7) is 0. The van der Waals surface area contributed by atoms with Gasteiger partial charge in [-0.2, -0.15) is 0 Å². The van der Waals surface area contributed by atoms with Gasteiger partial charge in [-0.15, -0.1) is 11.8 Å². The van der Waals surface area contributed by atoms with Crippen LogP contribution in [0.4, 0.5) is 0 Å². The highest BCUT2D eigenvalue weighted by molar-refractivity contribution is 7.98. The topological polar surface area (TPSA) is 35.2 Å². The third kappa shape index (κ3) is 3.06. The lowest BCUT2D eigenvalue weighted by atomic mass is 9.98. The smallest absolute Gasteiger partial charge is 0.124 e. The van der Waals surface area contributed by atoms with Crippen LogP contribution >= 0.6 is 23.4 Å². The molecule has 0 radical (unpaired) electrons. The van der Waals surface area contributed by atoms with Gasteiger partial charge < -0.3 is 10.5 Å². The fourth-order valence-electron chi connectivity index (χ4n) is 2.04. The maximum absolute atomic E-state index is 6.39. The van der Waals surface area contributed by atoms with Crippen molar-refractivity contribution in [2.24, 2.45) is 5.73 Å². The monoisotopic (exact) mass is 293 g/mol. The van der Waals surface area contributed by atoms with Gasteiger partial charge in [-0.1, -0.05) is 29.8 Å². The molecule has 4 heteroatoms. The average molecular weight is 294 g/mol. The van der Waals surface area contributed by atoms with E-state index in [1.807, 2.05) is 36.6 Å². The number of nitrogens with two attached hydrogens (primary N) is 1. The van der Waals surface area contributed by atoms with Gasteiger partial charge in [0.05, 0.1) is 13.2 Å². The van der Waals surface area contributed by atoms with Gasteiger partial charge in [-0.3, -0.25) is 0 Å². The summed E-state index contributed by atoms with van der Waals surface area (Å²) in [6, 6.07) is 13.4. The van der Waals surface area contributed by atoms with Crippen molar-refractivity contribution < 1.29 is 4.74 Å². The van der Waals surface area contributed by atoms with Gasteiger partial charge in [0.25, 0.3) is 0 Å². The Hall–Kier alpha value is -1.16. The van der Waals surface area contributed by atoms with Gasteiger partial charge in [0.15, 0.2) is 0 Å². The predicted octanol–water partition coefficient (Wildman–Crippen LogP) is 4.12. The minimum atomic E-state index is -0.253. The van der Waals surface area contributed by atoms with Crippen LogP contribution in [0.5, 0.6) is 5.75 Å². The lowest BCUT2D eigenvalue weighted by Crippen LogP contribution is -2.14. The van der Waals surface area contributed by atoms with Crippen LogP contribution in [0.25, 0.3) is 0 Å². The summed E-state index contributed by atoms with van der Waals surface area (Å²) in [6.07, 6.45) is 2.04. The van der Waals surface area contributed by atoms with Crippen molar-refractivity contribution in [1.29, 1.82) is 0 Å². The number of benzene rings is 2. The zero-order valence-electron chi connectivity index (χ0n) is 10.9. The third-order valence-corrected chi connectivity index (χ3v) is 4.05. The van der Waals surface area contributed by atoms with Crippen LogP contribution in [-0.4, -0.2) is 13.4 Å². The molecule has 0 amide bonds. The first-order valence-corrected chi connectivity index (χ1v) is 7.49. The van der Waals surface area contributed by atoms with Crippen molar-refractivity contribution in [2.45, 2.75) is 10.9 Å². The molecule has 2 N–H and O–H groups in total. The molecular formula is C15H16ClNOS. The molecule has 2 rings (SSSR count). The highest BCUT2D eigenvalue weighted by Crippen LogP contribution is 2.34. The fourth-order valence-corrected chi connectivity index (χ4v) is 2.87. The molecule has 0 bridgehead atoms. The molecule has 0 fully saturated rings.